The van der Waals surface area contributed by atoms with Crippen molar-refractivity contribution in [3.05, 3.63) is 48.8 Å². The molecule has 1 heterocycles. The summed E-state index contributed by atoms with van der Waals surface area (Å²) in [7, 11) is 0. The molecule has 0 amide bonds. The predicted octanol–water partition coefficient (Wildman–Crippen LogP) is 1.75. The number of rotatable bonds is 4. The average molecular weight is 229 g/mol. The lowest BCUT2D eigenvalue weighted by atomic mass is 10.2. The smallest absolute Gasteiger partial charge is 0.353 e. The molecule has 0 aliphatic rings. The Morgan fingerprint density at radius 3 is 2.82 bits per heavy atom. The lowest BCUT2D eigenvalue weighted by Crippen LogP contribution is -2.25. The summed E-state index contributed by atoms with van der Waals surface area (Å²) in [6, 6.07) is 9.36. The van der Waals surface area contributed by atoms with Crippen LogP contribution in [0.25, 0.3) is 10.9 Å². The highest BCUT2D eigenvalue weighted by atomic mass is 16.4. The number of anilines is 1. The largest absolute Gasteiger partial charge is 0.477 e. The number of aliphatic carboxylic acids is 1. The Morgan fingerprint density at radius 2 is 2.06 bits per heavy atom. The Bertz CT molecular complexity index is 575. The number of aromatic nitrogens is 1. The number of benzene rings is 1. The summed E-state index contributed by atoms with van der Waals surface area (Å²) in [5.41, 5.74) is 6.62. The fourth-order valence-corrected chi connectivity index (χ4v) is 1.40. The van der Waals surface area contributed by atoms with Gasteiger partial charge in [-0.25, -0.2) is 4.79 Å². The van der Waals surface area contributed by atoms with Crippen LogP contribution in [0.5, 0.6) is 0 Å². The molecule has 0 fully saturated rings. The van der Waals surface area contributed by atoms with Crippen molar-refractivity contribution in [2.75, 3.05) is 5.43 Å². The number of hydrazine groups is 1. The highest BCUT2D eigenvalue weighted by molar-refractivity contribution is 5.90. The van der Waals surface area contributed by atoms with Gasteiger partial charge < -0.3 is 5.11 Å². The predicted molar refractivity (Wildman–Crippen MR) is 65.3 cm³/mol. The van der Waals surface area contributed by atoms with Crippen LogP contribution in [-0.2, 0) is 4.79 Å². The second-order valence-electron chi connectivity index (χ2n) is 3.41. The van der Waals surface area contributed by atoms with E-state index < -0.39 is 5.97 Å². The Balaban J connectivity index is 2.24. The second-order valence-corrected chi connectivity index (χ2v) is 3.41. The molecule has 0 unspecified atom stereocenters. The van der Waals surface area contributed by atoms with Gasteiger partial charge in [0, 0.05) is 11.6 Å². The summed E-state index contributed by atoms with van der Waals surface area (Å²) in [6.07, 6.45) is 1.68. The maximum Gasteiger partial charge on any atom is 0.353 e. The molecule has 1 aromatic carbocycles. The van der Waals surface area contributed by atoms with Crippen LogP contribution < -0.4 is 10.9 Å². The van der Waals surface area contributed by atoms with E-state index in [-0.39, 0.29) is 5.70 Å². The van der Waals surface area contributed by atoms with Crippen LogP contribution in [0.1, 0.15) is 0 Å². The first kappa shape index (κ1) is 10.9. The molecule has 0 aliphatic heterocycles. The quantitative estimate of drug-likeness (QED) is 0.550. The van der Waals surface area contributed by atoms with E-state index in [0.29, 0.717) is 5.69 Å². The van der Waals surface area contributed by atoms with Gasteiger partial charge in [-0.3, -0.25) is 15.8 Å². The minimum atomic E-state index is -1.11. The monoisotopic (exact) mass is 229 g/mol. The van der Waals surface area contributed by atoms with Gasteiger partial charge in [0.2, 0.25) is 0 Å². The normalized spacial score (nSPS) is 9.88. The maximum atomic E-state index is 10.6. The summed E-state index contributed by atoms with van der Waals surface area (Å²) < 4.78 is 0. The number of nitrogens with one attached hydrogen (secondary N) is 2. The second kappa shape index (κ2) is 4.52. The summed E-state index contributed by atoms with van der Waals surface area (Å²) in [5.74, 6) is -1.11. The highest BCUT2D eigenvalue weighted by Gasteiger charge is 2.04. The van der Waals surface area contributed by atoms with Crippen molar-refractivity contribution >= 4 is 22.6 Å². The molecule has 0 aliphatic carbocycles. The van der Waals surface area contributed by atoms with Gasteiger partial charge >= 0.3 is 5.97 Å². The van der Waals surface area contributed by atoms with Gasteiger partial charge in [0.15, 0.2) is 0 Å². The van der Waals surface area contributed by atoms with Crippen molar-refractivity contribution in [3.63, 3.8) is 0 Å². The lowest BCUT2D eigenvalue weighted by Gasteiger charge is -2.10. The standard InChI is InChI=1S/C12H11N3O2/c1-8(12(16)17)14-15-10-6-2-4-9-5-3-7-13-11(9)10/h2-7,14-15H,1H2,(H,16,17). The zero-order valence-electron chi connectivity index (χ0n) is 8.97. The van der Waals surface area contributed by atoms with E-state index in [9.17, 15) is 4.79 Å². The molecule has 0 atom stereocenters. The maximum absolute atomic E-state index is 10.6. The van der Waals surface area contributed by atoms with Gasteiger partial charge in [0.25, 0.3) is 0 Å². The van der Waals surface area contributed by atoms with Crippen molar-refractivity contribution < 1.29 is 9.90 Å². The fourth-order valence-electron chi connectivity index (χ4n) is 1.40. The van der Waals surface area contributed by atoms with Crippen LogP contribution in [-0.4, -0.2) is 16.1 Å². The zero-order chi connectivity index (χ0) is 12.3. The molecule has 0 spiro atoms. The molecule has 0 saturated carbocycles. The number of pyridine rings is 1. The number of carboxylic acids is 1. The van der Waals surface area contributed by atoms with E-state index in [1.165, 1.54) is 0 Å². The van der Waals surface area contributed by atoms with Crippen LogP contribution in [0.2, 0.25) is 0 Å². The molecule has 5 heteroatoms. The first-order chi connectivity index (χ1) is 8.18. The van der Waals surface area contributed by atoms with Crippen LogP contribution in [0.15, 0.2) is 48.8 Å². The van der Waals surface area contributed by atoms with Gasteiger partial charge in [-0.05, 0) is 12.1 Å². The third kappa shape index (κ3) is 2.34. The highest BCUT2D eigenvalue weighted by Crippen LogP contribution is 2.19. The molecule has 86 valence electrons. The Labute approximate surface area is 97.8 Å². The molecule has 2 rings (SSSR count). The number of hydrogen-bond acceptors (Lipinski definition) is 4. The van der Waals surface area contributed by atoms with Gasteiger partial charge in [-0.1, -0.05) is 24.8 Å². The van der Waals surface area contributed by atoms with Gasteiger partial charge in [0.05, 0.1) is 11.2 Å². The van der Waals surface area contributed by atoms with E-state index >= 15 is 0 Å². The van der Waals surface area contributed by atoms with Crippen LogP contribution in [0.4, 0.5) is 5.69 Å². The van der Waals surface area contributed by atoms with E-state index in [1.54, 1.807) is 12.3 Å². The molecular weight excluding hydrogens is 218 g/mol. The van der Waals surface area contributed by atoms with Gasteiger partial charge in [0.1, 0.15) is 5.70 Å². The lowest BCUT2D eigenvalue weighted by molar-refractivity contribution is -0.133. The minimum Gasteiger partial charge on any atom is -0.477 e. The molecule has 1 aromatic heterocycles. The van der Waals surface area contributed by atoms with Crippen molar-refractivity contribution in [3.8, 4) is 0 Å². The first-order valence-corrected chi connectivity index (χ1v) is 4.96. The zero-order valence-corrected chi connectivity index (χ0v) is 8.97. The van der Waals surface area contributed by atoms with E-state index in [4.69, 9.17) is 5.11 Å². The number of carbonyl (C=O) groups is 1. The molecule has 5 nitrogen and oxygen atoms in total. The van der Waals surface area contributed by atoms with Crippen LogP contribution in [0, 0.1) is 0 Å². The summed E-state index contributed by atoms with van der Waals surface area (Å²) in [5, 5.41) is 9.63. The number of fused-ring (bicyclic) bond motifs is 1. The van der Waals surface area contributed by atoms with E-state index in [0.717, 1.165) is 10.9 Å². The molecule has 0 radical (unpaired) electrons. The molecule has 0 saturated heterocycles. The fraction of sp³-hybridized carbons (Fsp3) is 0. The molecular formula is C12H11N3O2. The Morgan fingerprint density at radius 1 is 1.29 bits per heavy atom. The van der Waals surface area contributed by atoms with E-state index in [1.807, 2.05) is 24.3 Å². The number of para-hydroxylation sites is 1. The third-order valence-corrected chi connectivity index (χ3v) is 2.24. The van der Waals surface area contributed by atoms with Crippen LogP contribution >= 0.6 is 0 Å². The Hall–Kier alpha value is -2.56. The van der Waals surface area contributed by atoms with Gasteiger partial charge in [-0.15, -0.1) is 0 Å². The summed E-state index contributed by atoms with van der Waals surface area (Å²) in [4.78, 5) is 14.8. The topological polar surface area (TPSA) is 74.2 Å². The van der Waals surface area contributed by atoms with Crippen molar-refractivity contribution in [1.82, 2.24) is 10.4 Å². The van der Waals surface area contributed by atoms with Crippen molar-refractivity contribution in [2.45, 2.75) is 0 Å². The Kier molecular flexibility index (Phi) is 2.91. The number of nitrogens with zero attached hydrogens (tertiary/aromatic N) is 1. The van der Waals surface area contributed by atoms with E-state index in [2.05, 4.69) is 22.4 Å². The molecule has 2 aromatic rings. The van der Waals surface area contributed by atoms with Crippen LogP contribution in [0.3, 0.4) is 0 Å². The molecule has 0 bridgehead atoms. The number of carboxylic acid groups (broad SMARTS) is 1. The number of hydrogen-bond donors (Lipinski definition) is 3. The summed E-state index contributed by atoms with van der Waals surface area (Å²) >= 11 is 0. The molecule has 3 N–H and O–H groups in total. The average Bonchev–Trinajstić information content (AvgIpc) is 2.35. The minimum absolute atomic E-state index is 0.127. The van der Waals surface area contributed by atoms with Gasteiger partial charge in [-0.2, -0.15) is 0 Å². The van der Waals surface area contributed by atoms with Crippen molar-refractivity contribution in [1.29, 1.82) is 0 Å². The SMILES string of the molecule is C=C(NNc1cccc2cccnc12)C(=O)O. The first-order valence-electron chi connectivity index (χ1n) is 4.96. The van der Waals surface area contributed by atoms with Crippen molar-refractivity contribution in [2.24, 2.45) is 0 Å². The molecule has 17 heavy (non-hydrogen) atoms. The third-order valence-electron chi connectivity index (χ3n) is 2.24. The summed E-state index contributed by atoms with van der Waals surface area (Å²) in [6.45, 7) is 3.36.